The number of halogens is 1. The Hall–Kier alpha value is -2.60. The Morgan fingerprint density at radius 2 is 2.07 bits per heavy atom. The SMILES string of the molecule is COc1cc(Br)ccc1-c1ccc2c(NC(C)C3CC3)c(C(N)=O)cnc2c1. The predicted octanol–water partition coefficient (Wildman–Crippen LogP) is 4.98. The second-order valence-corrected chi connectivity index (χ2v) is 8.17. The number of rotatable bonds is 6. The first-order valence-corrected chi connectivity index (χ1v) is 10.1. The molecule has 1 fully saturated rings. The molecule has 1 aliphatic rings. The lowest BCUT2D eigenvalue weighted by Gasteiger charge is -2.19. The molecular formula is C22H22BrN3O2. The van der Waals surface area contributed by atoms with Gasteiger partial charge in [-0.1, -0.05) is 28.1 Å². The lowest BCUT2D eigenvalue weighted by atomic mass is 10.0. The van der Waals surface area contributed by atoms with Crippen LogP contribution in [0.4, 0.5) is 5.69 Å². The molecule has 0 saturated heterocycles. The Bertz CT molecular complexity index is 1060. The molecule has 4 rings (SSSR count). The molecule has 144 valence electrons. The van der Waals surface area contributed by atoms with Gasteiger partial charge in [0.05, 0.1) is 23.9 Å². The molecule has 0 spiro atoms. The molecule has 1 aromatic heterocycles. The van der Waals surface area contributed by atoms with Crippen LogP contribution in [0.5, 0.6) is 5.75 Å². The van der Waals surface area contributed by atoms with Gasteiger partial charge in [-0.25, -0.2) is 0 Å². The standard InChI is InChI=1S/C22H22BrN3O2/c1-12(13-3-4-13)26-21-17-7-5-14(9-19(17)25-11-18(21)22(24)27)16-8-6-15(23)10-20(16)28-2/h5-13H,3-4H2,1-2H3,(H2,24,27)(H,25,26). The molecule has 3 aromatic rings. The lowest BCUT2D eigenvalue weighted by molar-refractivity contribution is 0.100. The molecule has 0 radical (unpaired) electrons. The van der Waals surface area contributed by atoms with E-state index in [1.165, 1.54) is 12.8 Å². The minimum Gasteiger partial charge on any atom is -0.496 e. The predicted molar refractivity (Wildman–Crippen MR) is 116 cm³/mol. The van der Waals surface area contributed by atoms with Gasteiger partial charge >= 0.3 is 0 Å². The van der Waals surface area contributed by atoms with Crippen molar-refractivity contribution in [1.29, 1.82) is 0 Å². The Labute approximate surface area is 172 Å². The maximum absolute atomic E-state index is 12.0. The van der Waals surface area contributed by atoms with Gasteiger partial charge in [0.15, 0.2) is 0 Å². The van der Waals surface area contributed by atoms with Gasteiger partial charge in [0.25, 0.3) is 5.91 Å². The van der Waals surface area contributed by atoms with Crippen LogP contribution in [-0.2, 0) is 0 Å². The summed E-state index contributed by atoms with van der Waals surface area (Å²) in [7, 11) is 1.66. The number of fused-ring (bicyclic) bond motifs is 1. The number of nitrogens with zero attached hydrogens (tertiary/aromatic N) is 1. The number of anilines is 1. The van der Waals surface area contributed by atoms with E-state index in [0.29, 0.717) is 11.5 Å². The summed E-state index contributed by atoms with van der Waals surface area (Å²) >= 11 is 3.48. The molecule has 6 heteroatoms. The van der Waals surface area contributed by atoms with Crippen LogP contribution in [0.2, 0.25) is 0 Å². The molecule has 1 aliphatic carbocycles. The maximum atomic E-state index is 12.0. The van der Waals surface area contributed by atoms with Crippen molar-refractivity contribution >= 4 is 38.4 Å². The molecule has 1 unspecified atom stereocenters. The van der Waals surface area contributed by atoms with Crippen molar-refractivity contribution in [3.8, 4) is 16.9 Å². The number of ether oxygens (including phenoxy) is 1. The molecule has 1 heterocycles. The summed E-state index contributed by atoms with van der Waals surface area (Å²) < 4.78 is 6.49. The Morgan fingerprint density at radius 1 is 1.29 bits per heavy atom. The summed E-state index contributed by atoms with van der Waals surface area (Å²) in [6, 6.07) is 12.2. The summed E-state index contributed by atoms with van der Waals surface area (Å²) in [5, 5.41) is 4.41. The van der Waals surface area contributed by atoms with E-state index in [-0.39, 0.29) is 6.04 Å². The summed E-state index contributed by atoms with van der Waals surface area (Å²) in [5.41, 5.74) is 9.58. The number of benzene rings is 2. The van der Waals surface area contributed by atoms with E-state index >= 15 is 0 Å². The minimum absolute atomic E-state index is 0.287. The van der Waals surface area contributed by atoms with E-state index in [1.807, 2.05) is 36.4 Å². The second-order valence-electron chi connectivity index (χ2n) is 7.26. The summed E-state index contributed by atoms with van der Waals surface area (Å²) in [4.78, 5) is 16.5. The minimum atomic E-state index is -0.474. The first kappa shape index (κ1) is 18.7. The van der Waals surface area contributed by atoms with Crippen LogP contribution in [0.25, 0.3) is 22.0 Å². The monoisotopic (exact) mass is 439 g/mol. The first-order chi connectivity index (χ1) is 13.5. The fourth-order valence-corrected chi connectivity index (χ4v) is 3.89. The molecule has 1 atom stereocenters. The van der Waals surface area contributed by atoms with Crippen molar-refractivity contribution < 1.29 is 9.53 Å². The van der Waals surface area contributed by atoms with Gasteiger partial charge in [-0.2, -0.15) is 0 Å². The topological polar surface area (TPSA) is 77.2 Å². The summed E-state index contributed by atoms with van der Waals surface area (Å²) in [5.74, 6) is 0.956. The average molecular weight is 440 g/mol. The third kappa shape index (κ3) is 3.56. The van der Waals surface area contributed by atoms with Crippen LogP contribution in [0, 0.1) is 5.92 Å². The third-order valence-electron chi connectivity index (χ3n) is 5.31. The number of primary amides is 1. The zero-order valence-corrected chi connectivity index (χ0v) is 17.4. The van der Waals surface area contributed by atoms with Gasteiger partial charge in [-0.3, -0.25) is 9.78 Å². The van der Waals surface area contributed by atoms with Gasteiger partial charge in [0.2, 0.25) is 0 Å². The number of hydrogen-bond acceptors (Lipinski definition) is 4. The number of methoxy groups -OCH3 is 1. The molecule has 1 amide bonds. The number of carbonyl (C=O) groups is 1. The van der Waals surface area contributed by atoms with Crippen molar-refractivity contribution in [3.63, 3.8) is 0 Å². The zero-order chi connectivity index (χ0) is 19.8. The highest BCUT2D eigenvalue weighted by molar-refractivity contribution is 9.10. The van der Waals surface area contributed by atoms with Crippen molar-refractivity contribution in [2.75, 3.05) is 12.4 Å². The highest BCUT2D eigenvalue weighted by Crippen LogP contribution is 2.38. The molecular weight excluding hydrogens is 418 g/mol. The molecule has 0 aliphatic heterocycles. The normalized spacial score (nSPS) is 14.7. The largest absolute Gasteiger partial charge is 0.496 e. The average Bonchev–Trinajstić information content (AvgIpc) is 3.52. The van der Waals surface area contributed by atoms with Gasteiger partial charge in [-0.15, -0.1) is 0 Å². The van der Waals surface area contributed by atoms with Gasteiger partial charge in [0.1, 0.15) is 5.75 Å². The fraction of sp³-hybridized carbons (Fsp3) is 0.273. The summed E-state index contributed by atoms with van der Waals surface area (Å²) in [6.07, 6.45) is 4.00. The number of amides is 1. The van der Waals surface area contributed by atoms with Gasteiger partial charge in [0, 0.05) is 27.7 Å². The second kappa shape index (κ2) is 7.43. The van der Waals surface area contributed by atoms with E-state index in [4.69, 9.17) is 10.5 Å². The number of nitrogens with one attached hydrogen (secondary N) is 1. The van der Waals surface area contributed by atoms with E-state index in [9.17, 15) is 4.79 Å². The van der Waals surface area contributed by atoms with Crippen molar-refractivity contribution in [1.82, 2.24) is 4.98 Å². The van der Waals surface area contributed by atoms with Crippen LogP contribution in [0.15, 0.2) is 47.1 Å². The van der Waals surface area contributed by atoms with E-state index in [2.05, 4.69) is 33.2 Å². The highest BCUT2D eigenvalue weighted by Gasteiger charge is 2.29. The van der Waals surface area contributed by atoms with Crippen molar-refractivity contribution in [2.24, 2.45) is 11.7 Å². The first-order valence-electron chi connectivity index (χ1n) is 9.31. The molecule has 3 N–H and O–H groups in total. The summed E-state index contributed by atoms with van der Waals surface area (Å²) in [6.45, 7) is 2.15. The molecule has 5 nitrogen and oxygen atoms in total. The van der Waals surface area contributed by atoms with Crippen LogP contribution < -0.4 is 15.8 Å². The van der Waals surface area contributed by atoms with Crippen LogP contribution in [0.3, 0.4) is 0 Å². The van der Waals surface area contributed by atoms with Crippen LogP contribution >= 0.6 is 15.9 Å². The number of aromatic nitrogens is 1. The Morgan fingerprint density at radius 3 is 2.75 bits per heavy atom. The smallest absolute Gasteiger partial charge is 0.252 e. The molecule has 0 bridgehead atoms. The Balaban J connectivity index is 1.82. The van der Waals surface area contributed by atoms with Crippen LogP contribution in [-0.4, -0.2) is 24.0 Å². The van der Waals surface area contributed by atoms with Crippen LogP contribution in [0.1, 0.15) is 30.1 Å². The van der Waals surface area contributed by atoms with Crippen molar-refractivity contribution in [2.45, 2.75) is 25.8 Å². The quantitative estimate of drug-likeness (QED) is 0.567. The van der Waals surface area contributed by atoms with Gasteiger partial charge < -0.3 is 15.8 Å². The lowest BCUT2D eigenvalue weighted by Crippen LogP contribution is -2.22. The highest BCUT2D eigenvalue weighted by atomic mass is 79.9. The molecule has 2 aromatic carbocycles. The number of hydrogen-bond donors (Lipinski definition) is 2. The molecule has 28 heavy (non-hydrogen) atoms. The van der Waals surface area contributed by atoms with E-state index in [0.717, 1.165) is 37.9 Å². The third-order valence-corrected chi connectivity index (χ3v) is 5.80. The number of pyridine rings is 1. The number of nitrogens with two attached hydrogens (primary N) is 1. The zero-order valence-electron chi connectivity index (χ0n) is 15.8. The van der Waals surface area contributed by atoms with Gasteiger partial charge in [-0.05, 0) is 55.5 Å². The number of carbonyl (C=O) groups excluding carboxylic acids is 1. The molecule has 1 saturated carbocycles. The Kier molecular flexibility index (Phi) is 4.98. The fourth-order valence-electron chi connectivity index (χ4n) is 3.55. The maximum Gasteiger partial charge on any atom is 0.252 e. The van der Waals surface area contributed by atoms with E-state index in [1.54, 1.807) is 13.3 Å². The van der Waals surface area contributed by atoms with Crippen molar-refractivity contribution in [3.05, 3.63) is 52.6 Å². The van der Waals surface area contributed by atoms with E-state index < -0.39 is 5.91 Å².